The highest BCUT2D eigenvalue weighted by Crippen LogP contribution is 2.22. The van der Waals surface area contributed by atoms with Crippen molar-refractivity contribution < 1.29 is 4.12 Å². The zero-order valence-electron chi connectivity index (χ0n) is 9.02. The van der Waals surface area contributed by atoms with Gasteiger partial charge in [-0.25, -0.2) is 0 Å². The van der Waals surface area contributed by atoms with Crippen molar-refractivity contribution in [3.8, 4) is 0 Å². The molecular weight excluding hydrogens is 319 g/mol. The fourth-order valence-electron chi connectivity index (χ4n) is 2.29. The smallest absolute Gasteiger partial charge is 0.206 e. The number of fused-ring (bicyclic) bond motifs is 1. The summed E-state index contributed by atoms with van der Waals surface area (Å²) >= 11 is 2.38. The molecule has 14 heavy (non-hydrogen) atoms. The normalized spacial score (nSPS) is 22.1. The highest BCUT2D eigenvalue weighted by Gasteiger charge is 2.45. The van der Waals surface area contributed by atoms with Crippen molar-refractivity contribution in [1.29, 1.82) is 0 Å². The first-order valence-corrected chi connectivity index (χ1v) is 11.7. The maximum atomic E-state index is 6.34. The van der Waals surface area contributed by atoms with Gasteiger partial charge in [-0.2, -0.15) is 0 Å². The van der Waals surface area contributed by atoms with Crippen LogP contribution in [0.3, 0.4) is 0 Å². The monoisotopic (exact) mass is 334 g/mol. The van der Waals surface area contributed by atoms with E-state index in [1.165, 1.54) is 13.9 Å². The van der Waals surface area contributed by atoms with E-state index in [0.29, 0.717) is 0 Å². The molecule has 0 saturated heterocycles. The first-order valence-electron chi connectivity index (χ1n) is 4.84. The van der Waals surface area contributed by atoms with E-state index in [0.717, 1.165) is 0 Å². The van der Waals surface area contributed by atoms with E-state index in [9.17, 15) is 0 Å². The van der Waals surface area contributed by atoms with Crippen LogP contribution in [0, 0.1) is 3.57 Å². The maximum Gasteiger partial charge on any atom is 0.206 e. The molecule has 2 rings (SSSR count). The van der Waals surface area contributed by atoms with E-state index in [2.05, 4.69) is 67.0 Å². The van der Waals surface area contributed by atoms with Gasteiger partial charge in [0, 0.05) is 3.57 Å². The predicted molar refractivity (Wildman–Crippen MR) is 74.5 cm³/mol. The highest BCUT2D eigenvalue weighted by atomic mass is 127. The van der Waals surface area contributed by atoms with Crippen LogP contribution in [0.4, 0.5) is 0 Å². The molecule has 0 amide bonds. The molecule has 1 nitrogen and oxygen atoms in total. The highest BCUT2D eigenvalue weighted by molar-refractivity contribution is 14.1. The van der Waals surface area contributed by atoms with Gasteiger partial charge in [-0.3, -0.25) is 0 Å². The number of benzene rings is 1. The van der Waals surface area contributed by atoms with Crippen molar-refractivity contribution in [2.45, 2.75) is 26.2 Å². The standard InChI is InChI=1S/C10H15IOSi2/c1-13(2)9-6-5-8(11)7-10(9)14(3,4)12-13/h5-7H,1-4H3. The molecule has 0 bridgehead atoms. The van der Waals surface area contributed by atoms with Gasteiger partial charge in [-0.15, -0.1) is 0 Å². The van der Waals surface area contributed by atoms with Crippen LogP contribution in [0.5, 0.6) is 0 Å². The van der Waals surface area contributed by atoms with Crippen molar-refractivity contribution in [2.24, 2.45) is 0 Å². The van der Waals surface area contributed by atoms with E-state index in [-0.39, 0.29) is 0 Å². The van der Waals surface area contributed by atoms with Crippen LogP contribution in [0.1, 0.15) is 0 Å². The van der Waals surface area contributed by atoms with Crippen molar-refractivity contribution in [1.82, 2.24) is 0 Å². The first-order chi connectivity index (χ1) is 6.33. The molecule has 1 heterocycles. The van der Waals surface area contributed by atoms with E-state index < -0.39 is 16.6 Å². The van der Waals surface area contributed by atoms with Crippen LogP contribution in [0.2, 0.25) is 26.2 Å². The summed E-state index contributed by atoms with van der Waals surface area (Å²) in [6, 6.07) is 6.81. The van der Waals surface area contributed by atoms with E-state index >= 15 is 0 Å². The largest absolute Gasteiger partial charge is 0.449 e. The van der Waals surface area contributed by atoms with E-state index in [1.54, 1.807) is 0 Å². The summed E-state index contributed by atoms with van der Waals surface area (Å²) in [5.41, 5.74) is 0. The minimum Gasteiger partial charge on any atom is -0.449 e. The summed E-state index contributed by atoms with van der Waals surface area (Å²) in [6.07, 6.45) is 0. The summed E-state index contributed by atoms with van der Waals surface area (Å²) in [7, 11) is -3.13. The minimum absolute atomic E-state index is 1.33. The Morgan fingerprint density at radius 3 is 2.21 bits per heavy atom. The summed E-state index contributed by atoms with van der Waals surface area (Å²) < 4.78 is 7.67. The predicted octanol–water partition coefficient (Wildman–Crippen LogP) is 2.15. The summed E-state index contributed by atoms with van der Waals surface area (Å²) in [5.74, 6) is 0. The number of hydrogen-bond acceptors (Lipinski definition) is 1. The molecular formula is C10H15IOSi2. The molecule has 0 radical (unpaired) electrons. The van der Waals surface area contributed by atoms with E-state index in [1.807, 2.05) is 0 Å². The topological polar surface area (TPSA) is 9.23 Å². The molecule has 1 aliphatic rings. The second-order valence-corrected chi connectivity index (χ2v) is 14.0. The molecule has 1 aromatic rings. The summed E-state index contributed by atoms with van der Waals surface area (Å²) in [5, 5.41) is 3.05. The SMILES string of the molecule is C[Si]1(C)O[Si](C)(C)c2cc(I)ccc21. The molecule has 1 aromatic carbocycles. The lowest BCUT2D eigenvalue weighted by atomic mass is 10.4. The van der Waals surface area contributed by atoms with Crippen LogP contribution in [0.15, 0.2) is 18.2 Å². The van der Waals surface area contributed by atoms with Crippen molar-refractivity contribution >= 4 is 49.6 Å². The first kappa shape index (κ1) is 10.8. The number of rotatable bonds is 0. The van der Waals surface area contributed by atoms with Crippen molar-refractivity contribution in [2.75, 3.05) is 0 Å². The van der Waals surface area contributed by atoms with Gasteiger partial charge >= 0.3 is 0 Å². The van der Waals surface area contributed by atoms with Gasteiger partial charge in [0.2, 0.25) is 16.6 Å². The van der Waals surface area contributed by atoms with Gasteiger partial charge in [0.15, 0.2) is 0 Å². The zero-order valence-corrected chi connectivity index (χ0v) is 13.2. The molecule has 0 unspecified atom stereocenters. The second-order valence-electron chi connectivity index (χ2n) is 4.81. The van der Waals surface area contributed by atoms with Gasteiger partial charge in [0.1, 0.15) is 0 Å². The third kappa shape index (κ3) is 1.62. The Bertz CT molecular complexity index is 388. The molecule has 0 spiro atoms. The molecule has 1 aliphatic heterocycles. The zero-order chi connectivity index (χ0) is 10.6. The van der Waals surface area contributed by atoms with Crippen LogP contribution < -0.4 is 10.4 Å². The van der Waals surface area contributed by atoms with Gasteiger partial charge in [0.05, 0.1) is 0 Å². The second kappa shape index (κ2) is 3.17. The fraction of sp³-hybridized carbons (Fsp3) is 0.400. The Kier molecular flexibility index (Phi) is 2.45. The quantitative estimate of drug-likeness (QED) is 0.522. The molecule has 0 saturated carbocycles. The molecule has 76 valence electrons. The van der Waals surface area contributed by atoms with Crippen LogP contribution in [-0.2, 0) is 4.12 Å². The van der Waals surface area contributed by atoms with Gasteiger partial charge in [0.25, 0.3) is 0 Å². The fourth-order valence-corrected chi connectivity index (χ4v) is 13.3. The Balaban J connectivity index is 2.66. The average Bonchev–Trinajstić information content (AvgIpc) is 2.17. The molecule has 0 aromatic heterocycles. The molecule has 4 heteroatoms. The Morgan fingerprint density at radius 1 is 1.00 bits per heavy atom. The third-order valence-corrected chi connectivity index (χ3v) is 11.2. The van der Waals surface area contributed by atoms with Crippen LogP contribution in [-0.4, -0.2) is 16.6 Å². The molecule has 0 atom stereocenters. The van der Waals surface area contributed by atoms with Crippen LogP contribution >= 0.6 is 22.6 Å². The Hall–Kier alpha value is 0.344. The molecule has 0 fully saturated rings. The van der Waals surface area contributed by atoms with Gasteiger partial charge in [-0.05, 0) is 71.3 Å². The maximum absolute atomic E-state index is 6.34. The Morgan fingerprint density at radius 2 is 1.57 bits per heavy atom. The van der Waals surface area contributed by atoms with Crippen molar-refractivity contribution in [3.63, 3.8) is 0 Å². The number of halogens is 1. The third-order valence-electron chi connectivity index (χ3n) is 2.79. The van der Waals surface area contributed by atoms with Gasteiger partial charge < -0.3 is 4.12 Å². The molecule has 0 aliphatic carbocycles. The lowest BCUT2D eigenvalue weighted by molar-refractivity contribution is 0.583. The van der Waals surface area contributed by atoms with Crippen molar-refractivity contribution in [3.05, 3.63) is 21.8 Å². The van der Waals surface area contributed by atoms with E-state index in [4.69, 9.17) is 4.12 Å². The summed E-state index contributed by atoms with van der Waals surface area (Å²) in [6.45, 7) is 9.23. The van der Waals surface area contributed by atoms with Gasteiger partial charge in [-0.1, -0.05) is 6.07 Å². The number of hydrogen-bond donors (Lipinski definition) is 0. The Labute approximate surface area is 101 Å². The summed E-state index contributed by atoms with van der Waals surface area (Å²) in [4.78, 5) is 0. The molecule has 0 N–H and O–H groups in total. The minimum atomic E-state index is -1.57. The lowest BCUT2D eigenvalue weighted by Crippen LogP contribution is -2.44. The van der Waals surface area contributed by atoms with Crippen LogP contribution in [0.25, 0.3) is 0 Å². The lowest BCUT2D eigenvalue weighted by Gasteiger charge is -2.22. The average molecular weight is 334 g/mol.